The first kappa shape index (κ1) is 22.7. The topological polar surface area (TPSA) is 58.2 Å². The first-order valence-electron chi connectivity index (χ1n) is 9.10. The summed E-state index contributed by atoms with van der Waals surface area (Å²) in [6, 6.07) is 6.84. The summed E-state index contributed by atoms with van der Waals surface area (Å²) < 4.78 is 0. The van der Waals surface area contributed by atoms with Crippen LogP contribution in [0.15, 0.2) is 24.3 Å². The minimum Gasteiger partial charge on any atom is -0.347 e. The Balaban J connectivity index is 2.80. The number of nitrogens with one attached hydrogen (secondary N) is 2. The molecule has 5 heteroatoms. The van der Waals surface area contributed by atoms with E-state index >= 15 is 0 Å². The number of amides is 1. The molecule has 1 rings (SSSR count). The summed E-state index contributed by atoms with van der Waals surface area (Å²) in [7, 11) is 0. The van der Waals surface area contributed by atoms with Gasteiger partial charge in [0.25, 0.3) is 5.91 Å². The fraction of sp³-hybridized carbons (Fsp3) is 0.619. The molecule has 0 heterocycles. The molecule has 0 radical (unpaired) electrons. The molecule has 0 aliphatic heterocycles. The van der Waals surface area contributed by atoms with Gasteiger partial charge in [-0.2, -0.15) is 12.6 Å². The largest absolute Gasteiger partial charge is 0.347 e. The van der Waals surface area contributed by atoms with E-state index in [9.17, 15) is 9.59 Å². The number of Topliss-reactive ketones (excluding diaryl/α,β-unsaturated/α-hetero) is 1. The minimum absolute atomic E-state index is 0.0583. The highest BCUT2D eigenvalue weighted by Gasteiger charge is 2.33. The molecule has 0 aliphatic carbocycles. The van der Waals surface area contributed by atoms with Gasteiger partial charge in [-0.25, -0.2) is 0 Å². The van der Waals surface area contributed by atoms with E-state index in [-0.39, 0.29) is 23.1 Å². The Morgan fingerprint density at radius 1 is 0.962 bits per heavy atom. The van der Waals surface area contributed by atoms with Gasteiger partial charge >= 0.3 is 0 Å². The lowest BCUT2D eigenvalue weighted by Crippen LogP contribution is -2.55. The van der Waals surface area contributed by atoms with Crippen LogP contribution < -0.4 is 10.6 Å². The second-order valence-electron chi connectivity index (χ2n) is 9.26. The van der Waals surface area contributed by atoms with Crippen LogP contribution in [0.25, 0.3) is 0 Å². The van der Waals surface area contributed by atoms with Crippen LogP contribution in [0, 0.1) is 5.92 Å². The fourth-order valence-electron chi connectivity index (χ4n) is 3.26. The predicted molar refractivity (Wildman–Crippen MR) is 112 cm³/mol. The number of rotatable bonds is 7. The second-order valence-corrected chi connectivity index (χ2v) is 10.2. The molecule has 0 saturated carbocycles. The van der Waals surface area contributed by atoms with E-state index in [4.69, 9.17) is 12.6 Å². The maximum absolute atomic E-state index is 12.6. The molecule has 0 fully saturated rings. The molecule has 0 aliphatic rings. The van der Waals surface area contributed by atoms with Gasteiger partial charge in [-0.05, 0) is 60.1 Å². The van der Waals surface area contributed by atoms with Crippen LogP contribution >= 0.6 is 12.6 Å². The van der Waals surface area contributed by atoms with Gasteiger partial charge < -0.3 is 5.32 Å². The maximum Gasteiger partial charge on any atom is 0.251 e. The average Bonchev–Trinajstić information content (AvgIpc) is 2.41. The molecule has 1 aromatic rings. The third-order valence-electron chi connectivity index (χ3n) is 3.84. The molecule has 0 spiro atoms. The van der Waals surface area contributed by atoms with Crippen molar-refractivity contribution in [2.24, 2.45) is 5.92 Å². The number of benzene rings is 1. The molecule has 146 valence electrons. The smallest absolute Gasteiger partial charge is 0.251 e. The van der Waals surface area contributed by atoms with E-state index in [0.29, 0.717) is 17.5 Å². The van der Waals surface area contributed by atoms with E-state index in [1.54, 1.807) is 24.3 Å². The van der Waals surface area contributed by atoms with Crippen LogP contribution in [0.2, 0.25) is 0 Å². The summed E-state index contributed by atoms with van der Waals surface area (Å²) in [4.78, 5) is 24.2. The Kier molecular flexibility index (Phi) is 7.11. The first-order chi connectivity index (χ1) is 11.6. The second kappa shape index (κ2) is 8.13. The molecule has 4 nitrogen and oxygen atoms in total. The number of carbonyl (C=O) groups is 2. The van der Waals surface area contributed by atoms with Crippen molar-refractivity contribution in [3.63, 3.8) is 0 Å². The van der Waals surface area contributed by atoms with Crippen molar-refractivity contribution in [1.82, 2.24) is 10.6 Å². The van der Waals surface area contributed by atoms with Gasteiger partial charge in [0.15, 0.2) is 5.78 Å². The summed E-state index contributed by atoms with van der Waals surface area (Å²) in [6.07, 6.45) is 0.649. The molecule has 1 atom stereocenters. The number of ketones is 1. The fourth-order valence-corrected chi connectivity index (χ4v) is 3.99. The molecule has 0 bridgehead atoms. The first-order valence-corrected chi connectivity index (χ1v) is 9.55. The zero-order chi connectivity index (χ0) is 20.3. The van der Waals surface area contributed by atoms with Crippen molar-refractivity contribution in [2.75, 3.05) is 0 Å². The average molecular weight is 379 g/mol. The van der Waals surface area contributed by atoms with Gasteiger partial charge in [-0.3, -0.25) is 14.9 Å². The van der Waals surface area contributed by atoms with Gasteiger partial charge in [0.2, 0.25) is 0 Å². The molecule has 26 heavy (non-hydrogen) atoms. The van der Waals surface area contributed by atoms with E-state index in [0.717, 1.165) is 0 Å². The van der Waals surface area contributed by atoms with Crippen molar-refractivity contribution in [3.8, 4) is 0 Å². The van der Waals surface area contributed by atoms with Crippen molar-refractivity contribution < 1.29 is 9.59 Å². The van der Waals surface area contributed by atoms with Gasteiger partial charge in [0.05, 0.1) is 4.87 Å². The molecular formula is C21H34N2O2S. The third-order valence-corrected chi connectivity index (χ3v) is 4.11. The van der Waals surface area contributed by atoms with Gasteiger partial charge in [-0.15, -0.1) is 0 Å². The zero-order valence-corrected chi connectivity index (χ0v) is 18.3. The van der Waals surface area contributed by atoms with Crippen LogP contribution in [0.4, 0.5) is 0 Å². The Labute approximate surface area is 163 Å². The summed E-state index contributed by atoms with van der Waals surface area (Å²) in [5.74, 6) is -0.133. The molecule has 0 aromatic heterocycles. The highest BCUT2D eigenvalue weighted by atomic mass is 32.1. The summed E-state index contributed by atoms with van der Waals surface area (Å²) in [5, 5.41) is 6.54. The number of hydrogen-bond acceptors (Lipinski definition) is 4. The van der Waals surface area contributed by atoms with Crippen LogP contribution in [0.5, 0.6) is 0 Å². The van der Waals surface area contributed by atoms with Gasteiger partial charge in [0.1, 0.15) is 0 Å². The van der Waals surface area contributed by atoms with Gasteiger partial charge in [-0.1, -0.05) is 26.0 Å². The lowest BCUT2D eigenvalue weighted by atomic mass is 9.93. The molecule has 1 aromatic carbocycles. The number of carbonyl (C=O) groups excluding carboxylic acids is 2. The molecule has 0 saturated heterocycles. The summed E-state index contributed by atoms with van der Waals surface area (Å²) in [5.41, 5.74) is 0.657. The predicted octanol–water partition coefficient (Wildman–Crippen LogP) is 4.46. The van der Waals surface area contributed by atoms with E-state index in [1.807, 2.05) is 34.6 Å². The molecule has 1 amide bonds. The Morgan fingerprint density at radius 2 is 1.42 bits per heavy atom. The normalized spacial score (nSPS) is 14.8. The van der Waals surface area contributed by atoms with Crippen LogP contribution in [0.1, 0.15) is 82.5 Å². The van der Waals surface area contributed by atoms with Crippen molar-refractivity contribution >= 4 is 24.3 Å². The quantitative estimate of drug-likeness (QED) is 0.373. The van der Waals surface area contributed by atoms with Crippen molar-refractivity contribution in [3.05, 3.63) is 35.4 Å². The van der Waals surface area contributed by atoms with E-state index in [2.05, 4.69) is 31.4 Å². The molecule has 2 N–H and O–H groups in total. The number of hydrogen-bond donors (Lipinski definition) is 3. The molecular weight excluding hydrogens is 344 g/mol. The molecule has 1 unspecified atom stereocenters. The highest BCUT2D eigenvalue weighted by Crippen LogP contribution is 2.26. The summed E-state index contributed by atoms with van der Waals surface area (Å²) >= 11 is 4.74. The zero-order valence-electron chi connectivity index (χ0n) is 17.4. The monoisotopic (exact) mass is 378 g/mol. The van der Waals surface area contributed by atoms with Crippen molar-refractivity contribution in [1.29, 1.82) is 0 Å². The van der Waals surface area contributed by atoms with Crippen molar-refractivity contribution in [2.45, 2.75) is 77.8 Å². The van der Waals surface area contributed by atoms with E-state index < -0.39 is 10.4 Å². The Hall–Kier alpha value is -1.33. The lowest BCUT2D eigenvalue weighted by molar-refractivity contribution is 0.0897. The van der Waals surface area contributed by atoms with E-state index in [1.165, 1.54) is 0 Å². The van der Waals surface area contributed by atoms with Gasteiger partial charge in [0, 0.05) is 28.1 Å². The third kappa shape index (κ3) is 7.50. The maximum atomic E-state index is 12.6. The standard InChI is InChI=1S/C21H34N2O2S/c1-14(2)17(24)15-9-11-16(12-10-15)18(25)22-20(6,7)13-21(8,26)23-19(3,4)5/h9-12,14,23,26H,13H2,1-8H3,(H,22,25). The van der Waals surface area contributed by atoms with Crippen LogP contribution in [-0.2, 0) is 0 Å². The van der Waals surface area contributed by atoms with Crippen LogP contribution in [0.3, 0.4) is 0 Å². The Bertz CT molecular complexity index is 641. The minimum atomic E-state index is -0.446. The summed E-state index contributed by atoms with van der Waals surface area (Å²) in [6.45, 7) is 16.0. The highest BCUT2D eigenvalue weighted by molar-refractivity contribution is 7.81. The lowest BCUT2D eigenvalue weighted by Gasteiger charge is -2.39. The number of thiol groups is 1. The van der Waals surface area contributed by atoms with Crippen LogP contribution in [-0.4, -0.2) is 27.6 Å². The Morgan fingerprint density at radius 3 is 1.85 bits per heavy atom. The SMILES string of the molecule is CC(C)C(=O)c1ccc(C(=O)NC(C)(C)CC(C)(S)NC(C)(C)C)cc1.